The Morgan fingerprint density at radius 2 is 1.85 bits per heavy atom. The van der Waals surface area contributed by atoms with Crippen molar-refractivity contribution in [2.75, 3.05) is 37.0 Å². The molecule has 1 aliphatic heterocycles. The Morgan fingerprint density at radius 3 is 2.55 bits per heavy atom. The van der Waals surface area contributed by atoms with Crippen LogP contribution in [0.1, 0.15) is 21.5 Å². The van der Waals surface area contributed by atoms with Gasteiger partial charge in [-0.2, -0.15) is 11.8 Å². The van der Waals surface area contributed by atoms with Gasteiger partial charge in [-0.1, -0.05) is 18.2 Å². The van der Waals surface area contributed by atoms with E-state index in [0.29, 0.717) is 17.0 Å². The minimum Gasteiger partial charge on any atom is -0.497 e. The van der Waals surface area contributed by atoms with Crippen LogP contribution in [0.2, 0.25) is 0 Å². The number of benzene rings is 3. The van der Waals surface area contributed by atoms with E-state index >= 15 is 0 Å². The van der Waals surface area contributed by atoms with Crippen LogP contribution in [0.4, 0.5) is 14.5 Å². The van der Waals surface area contributed by atoms with Crippen molar-refractivity contribution < 1.29 is 18.3 Å². The van der Waals surface area contributed by atoms with Crippen LogP contribution in [-0.2, 0) is 6.54 Å². The van der Waals surface area contributed by atoms with Crippen LogP contribution in [0.5, 0.6) is 5.75 Å². The molecule has 0 saturated carbocycles. The fraction of sp³-hybridized carbons (Fsp3) is 0.269. The van der Waals surface area contributed by atoms with Crippen molar-refractivity contribution in [3.63, 3.8) is 0 Å². The molecule has 1 N–H and O–H groups in total. The van der Waals surface area contributed by atoms with Crippen molar-refractivity contribution in [2.45, 2.75) is 13.5 Å². The summed E-state index contributed by atoms with van der Waals surface area (Å²) in [7, 11) is 1.45. The van der Waals surface area contributed by atoms with Gasteiger partial charge in [0.05, 0.1) is 12.7 Å². The zero-order valence-electron chi connectivity index (χ0n) is 18.7. The number of nitrogens with one attached hydrogen (secondary N) is 1. The van der Waals surface area contributed by atoms with Gasteiger partial charge in [0.25, 0.3) is 5.91 Å². The molecule has 1 amide bonds. The van der Waals surface area contributed by atoms with Crippen LogP contribution in [0.25, 0.3) is 11.1 Å². The molecule has 4 nitrogen and oxygen atoms in total. The van der Waals surface area contributed by atoms with Crippen molar-refractivity contribution in [1.29, 1.82) is 0 Å². The lowest BCUT2D eigenvalue weighted by molar-refractivity contribution is 0.102. The number of carbonyl (C=O) groups is 1. The van der Waals surface area contributed by atoms with Crippen LogP contribution in [0.3, 0.4) is 0 Å². The molecule has 33 heavy (non-hydrogen) atoms. The topological polar surface area (TPSA) is 41.6 Å². The van der Waals surface area contributed by atoms with Gasteiger partial charge in [-0.25, -0.2) is 8.78 Å². The summed E-state index contributed by atoms with van der Waals surface area (Å²) in [5.74, 6) is 0.870. The van der Waals surface area contributed by atoms with Crippen LogP contribution < -0.4 is 10.1 Å². The minimum atomic E-state index is -0.708. The van der Waals surface area contributed by atoms with Crippen LogP contribution >= 0.6 is 11.8 Å². The molecule has 1 heterocycles. The van der Waals surface area contributed by atoms with E-state index in [1.54, 1.807) is 12.1 Å². The molecule has 0 spiro atoms. The lowest BCUT2D eigenvalue weighted by Crippen LogP contribution is -2.32. The van der Waals surface area contributed by atoms with E-state index in [2.05, 4.69) is 16.3 Å². The van der Waals surface area contributed by atoms with E-state index in [-0.39, 0.29) is 11.1 Å². The molecular weight excluding hydrogens is 442 g/mol. The lowest BCUT2D eigenvalue weighted by atomic mass is 10.0. The summed E-state index contributed by atoms with van der Waals surface area (Å²) >= 11 is 1.97. The third-order valence-corrected chi connectivity index (χ3v) is 6.84. The first kappa shape index (κ1) is 23.3. The maximum atomic E-state index is 14.8. The summed E-state index contributed by atoms with van der Waals surface area (Å²) in [6, 6.07) is 14.3. The zero-order valence-corrected chi connectivity index (χ0v) is 19.5. The number of nitrogens with zero attached hydrogens (tertiary/aromatic N) is 1. The number of ether oxygens (including phenoxy) is 1. The fourth-order valence-corrected chi connectivity index (χ4v) is 4.88. The lowest BCUT2D eigenvalue weighted by Gasteiger charge is -2.27. The van der Waals surface area contributed by atoms with Gasteiger partial charge in [0.1, 0.15) is 17.4 Å². The summed E-state index contributed by atoms with van der Waals surface area (Å²) in [5, 5.41) is 2.84. The summed E-state index contributed by atoms with van der Waals surface area (Å²) in [4.78, 5) is 15.2. The second-order valence-corrected chi connectivity index (χ2v) is 9.20. The highest BCUT2D eigenvalue weighted by Gasteiger charge is 2.17. The van der Waals surface area contributed by atoms with Crippen LogP contribution in [-0.4, -0.2) is 42.5 Å². The van der Waals surface area contributed by atoms with E-state index in [1.807, 2.05) is 30.8 Å². The van der Waals surface area contributed by atoms with E-state index in [9.17, 15) is 13.6 Å². The van der Waals surface area contributed by atoms with Crippen molar-refractivity contribution in [3.8, 4) is 16.9 Å². The molecule has 1 fully saturated rings. The minimum absolute atomic E-state index is 0.0921. The molecule has 0 unspecified atom stereocenters. The van der Waals surface area contributed by atoms with Crippen LogP contribution in [0, 0.1) is 18.6 Å². The Bertz CT molecular complexity index is 1160. The van der Waals surface area contributed by atoms with E-state index in [4.69, 9.17) is 4.74 Å². The SMILES string of the molecule is COc1ccc(-c2ccc(C(=O)Nc3cccc(CN4CCSCC4)c3C)c(F)c2)c(F)c1. The van der Waals surface area contributed by atoms with Gasteiger partial charge in [0.15, 0.2) is 0 Å². The van der Waals surface area contributed by atoms with Crippen molar-refractivity contribution in [2.24, 2.45) is 0 Å². The van der Waals surface area contributed by atoms with Crippen LogP contribution in [0.15, 0.2) is 54.6 Å². The maximum absolute atomic E-state index is 14.8. The molecule has 1 saturated heterocycles. The highest BCUT2D eigenvalue weighted by Crippen LogP contribution is 2.28. The van der Waals surface area contributed by atoms with Gasteiger partial charge in [-0.05, 0) is 53.9 Å². The van der Waals surface area contributed by atoms with Gasteiger partial charge in [0, 0.05) is 48.5 Å². The number of carbonyl (C=O) groups excluding carboxylic acids is 1. The summed E-state index contributed by atoms with van der Waals surface area (Å²) in [5.41, 5.74) is 3.27. The van der Waals surface area contributed by atoms with Crippen molar-refractivity contribution in [3.05, 3.63) is 82.9 Å². The number of methoxy groups -OCH3 is 1. The second-order valence-electron chi connectivity index (χ2n) is 7.97. The predicted molar refractivity (Wildman–Crippen MR) is 130 cm³/mol. The molecule has 0 aromatic heterocycles. The number of anilines is 1. The third kappa shape index (κ3) is 5.37. The number of rotatable bonds is 6. The number of thioether (sulfide) groups is 1. The largest absolute Gasteiger partial charge is 0.497 e. The Kier molecular flexibility index (Phi) is 7.30. The van der Waals surface area contributed by atoms with Gasteiger partial charge in [0.2, 0.25) is 0 Å². The molecule has 4 rings (SSSR count). The van der Waals surface area contributed by atoms with Crippen molar-refractivity contribution >= 4 is 23.4 Å². The fourth-order valence-electron chi connectivity index (χ4n) is 3.90. The average molecular weight is 469 g/mol. The smallest absolute Gasteiger partial charge is 0.258 e. The summed E-state index contributed by atoms with van der Waals surface area (Å²) < 4.78 is 34.2. The number of hydrogen-bond acceptors (Lipinski definition) is 4. The molecule has 0 atom stereocenters. The van der Waals surface area contributed by atoms with E-state index < -0.39 is 17.5 Å². The Balaban J connectivity index is 1.51. The maximum Gasteiger partial charge on any atom is 0.258 e. The number of hydrogen-bond donors (Lipinski definition) is 1. The van der Waals surface area contributed by atoms with E-state index in [1.165, 1.54) is 31.4 Å². The Labute approximate surface area is 196 Å². The molecule has 1 aliphatic rings. The molecule has 3 aromatic carbocycles. The van der Waals surface area contributed by atoms with Crippen molar-refractivity contribution in [1.82, 2.24) is 4.90 Å². The van der Waals surface area contributed by atoms with Gasteiger partial charge < -0.3 is 10.1 Å². The monoisotopic (exact) mass is 468 g/mol. The first-order valence-corrected chi connectivity index (χ1v) is 11.9. The molecular formula is C26H26F2N2O2S. The predicted octanol–water partition coefficient (Wildman–Crippen LogP) is 5.75. The molecule has 7 heteroatoms. The molecule has 172 valence electrons. The Morgan fingerprint density at radius 1 is 1.06 bits per heavy atom. The normalized spacial score (nSPS) is 14.2. The zero-order chi connectivity index (χ0) is 23.4. The van der Waals surface area contributed by atoms with Gasteiger partial charge in [-0.15, -0.1) is 0 Å². The standard InChI is InChI=1S/C26H26F2N2O2S/c1-17-19(16-30-10-12-33-13-11-30)4-3-5-25(17)29-26(31)22-8-6-18(14-23(22)27)21-9-7-20(32-2)15-24(21)28/h3-9,14-15H,10-13,16H2,1-2H3,(H,29,31). The second kappa shape index (κ2) is 10.4. The molecule has 0 bridgehead atoms. The van der Waals surface area contributed by atoms with Gasteiger partial charge >= 0.3 is 0 Å². The summed E-state index contributed by atoms with van der Waals surface area (Å²) in [6.45, 7) is 4.89. The molecule has 3 aromatic rings. The first-order chi connectivity index (χ1) is 16.0. The highest BCUT2D eigenvalue weighted by molar-refractivity contribution is 7.99. The average Bonchev–Trinajstić information content (AvgIpc) is 2.82. The quantitative estimate of drug-likeness (QED) is 0.500. The highest BCUT2D eigenvalue weighted by atomic mass is 32.2. The third-order valence-electron chi connectivity index (χ3n) is 5.89. The number of halogens is 2. The van der Waals surface area contributed by atoms with Gasteiger partial charge in [-0.3, -0.25) is 9.69 Å². The number of amides is 1. The van der Waals surface area contributed by atoms with E-state index in [0.717, 1.165) is 42.3 Å². The molecule has 0 radical (unpaired) electrons. The first-order valence-electron chi connectivity index (χ1n) is 10.8. The Hall–Kier alpha value is -2.90. The molecule has 0 aliphatic carbocycles. The summed E-state index contributed by atoms with van der Waals surface area (Å²) in [6.07, 6.45) is 0.